The second-order valence-electron chi connectivity index (χ2n) is 9.33. The monoisotopic (exact) mass is 440 g/mol. The summed E-state index contributed by atoms with van der Waals surface area (Å²) in [7, 11) is 0. The Labute approximate surface area is 185 Å². The molecule has 2 aliphatic carbocycles. The maximum atomic E-state index is 12.6. The number of nitrogens with zero attached hydrogens (tertiary/aromatic N) is 3. The SMILES string of the molecule is CC(C)(C)[C@@H]1CC=C2C(C#N)=C(N)C(C#N)(C#N)[C@@H](c3ccc(OC(F)(F)F)cc3)[C@H]2C1. The van der Waals surface area contributed by atoms with Gasteiger partial charge in [0.25, 0.3) is 0 Å². The molecular weight excluding hydrogens is 417 g/mol. The van der Waals surface area contributed by atoms with Crippen LogP contribution in [0.15, 0.2) is 47.2 Å². The van der Waals surface area contributed by atoms with E-state index in [0.717, 1.165) is 18.6 Å². The molecule has 0 aliphatic heterocycles. The molecule has 0 spiro atoms. The van der Waals surface area contributed by atoms with Crippen molar-refractivity contribution in [2.24, 2.45) is 28.4 Å². The molecular formula is C24H23F3N4O. The minimum absolute atomic E-state index is 0.0571. The Morgan fingerprint density at radius 2 is 1.66 bits per heavy atom. The quantitative estimate of drug-likeness (QED) is 0.658. The number of alkyl halides is 3. The second kappa shape index (κ2) is 7.92. The van der Waals surface area contributed by atoms with Gasteiger partial charge < -0.3 is 10.5 Å². The van der Waals surface area contributed by atoms with Gasteiger partial charge in [-0.25, -0.2) is 0 Å². The molecule has 166 valence electrons. The van der Waals surface area contributed by atoms with Gasteiger partial charge >= 0.3 is 6.36 Å². The van der Waals surface area contributed by atoms with Gasteiger partial charge in [-0.15, -0.1) is 13.2 Å². The van der Waals surface area contributed by atoms with E-state index in [9.17, 15) is 29.0 Å². The predicted octanol–water partition coefficient (Wildman–Crippen LogP) is 5.45. The molecule has 1 aromatic carbocycles. The highest BCUT2D eigenvalue weighted by atomic mass is 19.4. The summed E-state index contributed by atoms with van der Waals surface area (Å²) >= 11 is 0. The first-order valence-electron chi connectivity index (χ1n) is 10.2. The number of fused-ring (bicyclic) bond motifs is 1. The molecule has 0 fully saturated rings. The van der Waals surface area contributed by atoms with E-state index in [0.29, 0.717) is 17.6 Å². The zero-order valence-corrected chi connectivity index (χ0v) is 18.0. The number of benzene rings is 1. The fraction of sp³-hybridized carbons (Fsp3) is 0.458. The number of halogens is 3. The van der Waals surface area contributed by atoms with Crippen LogP contribution in [0.5, 0.6) is 5.75 Å². The van der Waals surface area contributed by atoms with Gasteiger partial charge in [0.15, 0.2) is 5.41 Å². The summed E-state index contributed by atoms with van der Waals surface area (Å²) in [5.74, 6) is -1.28. The van der Waals surface area contributed by atoms with Crippen LogP contribution < -0.4 is 10.5 Å². The normalized spacial score (nSPS) is 25.0. The van der Waals surface area contributed by atoms with Gasteiger partial charge in [-0.3, -0.25) is 0 Å². The molecule has 1 aromatic rings. The summed E-state index contributed by atoms with van der Waals surface area (Å²) in [4.78, 5) is 0. The molecule has 5 nitrogen and oxygen atoms in total. The van der Waals surface area contributed by atoms with E-state index in [1.807, 2.05) is 18.2 Å². The first kappa shape index (κ1) is 23.2. The van der Waals surface area contributed by atoms with Gasteiger partial charge in [0.05, 0.1) is 23.4 Å². The third-order valence-electron chi connectivity index (χ3n) is 6.57. The Hall–Kier alpha value is -3.44. The van der Waals surface area contributed by atoms with E-state index in [1.165, 1.54) is 12.1 Å². The van der Waals surface area contributed by atoms with Crippen molar-refractivity contribution in [3.8, 4) is 24.0 Å². The molecule has 2 N–H and O–H groups in total. The zero-order valence-electron chi connectivity index (χ0n) is 18.0. The standard InChI is InChI=1S/C24H23F3N4O/c1-22(2,3)15-6-9-17-18(10-15)20(23(12-29,13-30)21(31)19(17)11-28)14-4-7-16(8-5-14)32-24(25,26)27/h4-5,7-9,15,18,20H,6,10,31H2,1-3H3/t15-,18+,20+/m1/s1. The Kier molecular flexibility index (Phi) is 5.75. The van der Waals surface area contributed by atoms with E-state index in [4.69, 9.17) is 5.73 Å². The van der Waals surface area contributed by atoms with Crippen LogP contribution in [0.4, 0.5) is 13.2 Å². The van der Waals surface area contributed by atoms with Crippen LogP contribution in [-0.2, 0) is 0 Å². The lowest BCUT2D eigenvalue weighted by Crippen LogP contribution is -2.44. The van der Waals surface area contributed by atoms with Crippen molar-refractivity contribution in [2.75, 3.05) is 0 Å². The summed E-state index contributed by atoms with van der Waals surface area (Å²) in [5.41, 5.74) is 5.62. The van der Waals surface area contributed by atoms with Crippen LogP contribution in [0.2, 0.25) is 0 Å². The van der Waals surface area contributed by atoms with Crippen LogP contribution in [0.25, 0.3) is 0 Å². The van der Waals surface area contributed by atoms with E-state index in [-0.39, 0.29) is 28.5 Å². The molecule has 0 heterocycles. The van der Waals surface area contributed by atoms with Crippen molar-refractivity contribution >= 4 is 0 Å². The van der Waals surface area contributed by atoms with Gasteiger partial charge in [0.1, 0.15) is 11.8 Å². The van der Waals surface area contributed by atoms with Gasteiger partial charge in [-0.05, 0) is 53.4 Å². The molecule has 3 rings (SSSR count). The lowest BCUT2D eigenvalue weighted by molar-refractivity contribution is -0.274. The molecule has 32 heavy (non-hydrogen) atoms. The molecule has 0 amide bonds. The Morgan fingerprint density at radius 1 is 1.06 bits per heavy atom. The zero-order chi connectivity index (χ0) is 23.9. The number of hydrogen-bond acceptors (Lipinski definition) is 5. The topological polar surface area (TPSA) is 107 Å². The fourth-order valence-electron chi connectivity index (χ4n) is 4.85. The van der Waals surface area contributed by atoms with Crippen molar-refractivity contribution < 1.29 is 17.9 Å². The van der Waals surface area contributed by atoms with Gasteiger partial charge in [0, 0.05) is 5.92 Å². The van der Waals surface area contributed by atoms with Gasteiger partial charge in [-0.1, -0.05) is 39.0 Å². The molecule has 0 bridgehead atoms. The van der Waals surface area contributed by atoms with Crippen molar-refractivity contribution in [3.05, 3.63) is 52.7 Å². The van der Waals surface area contributed by atoms with Crippen molar-refractivity contribution in [1.29, 1.82) is 15.8 Å². The summed E-state index contributed by atoms with van der Waals surface area (Å²) in [6, 6.07) is 11.3. The fourth-order valence-corrected chi connectivity index (χ4v) is 4.85. The smallest absolute Gasteiger partial charge is 0.406 e. The summed E-state index contributed by atoms with van der Waals surface area (Å²) < 4.78 is 41.7. The van der Waals surface area contributed by atoms with E-state index >= 15 is 0 Å². The average Bonchev–Trinajstić information content (AvgIpc) is 2.72. The predicted molar refractivity (Wildman–Crippen MR) is 110 cm³/mol. The Bertz CT molecular complexity index is 1080. The highest BCUT2D eigenvalue weighted by Gasteiger charge is 2.55. The molecule has 0 radical (unpaired) electrons. The van der Waals surface area contributed by atoms with Crippen molar-refractivity contribution in [3.63, 3.8) is 0 Å². The number of nitriles is 3. The van der Waals surface area contributed by atoms with E-state index < -0.39 is 23.4 Å². The number of ether oxygens (including phenoxy) is 1. The summed E-state index contributed by atoms with van der Waals surface area (Å²) in [6.45, 7) is 6.32. The first-order chi connectivity index (χ1) is 14.9. The minimum Gasteiger partial charge on any atom is -0.406 e. The van der Waals surface area contributed by atoms with Crippen LogP contribution in [0.1, 0.15) is 45.1 Å². The summed E-state index contributed by atoms with van der Waals surface area (Å²) in [6.07, 6.45) is -1.53. The van der Waals surface area contributed by atoms with Crippen LogP contribution in [-0.4, -0.2) is 6.36 Å². The summed E-state index contributed by atoms with van der Waals surface area (Å²) in [5, 5.41) is 30.0. The van der Waals surface area contributed by atoms with Crippen LogP contribution in [0, 0.1) is 56.7 Å². The van der Waals surface area contributed by atoms with Gasteiger partial charge in [0.2, 0.25) is 0 Å². The maximum Gasteiger partial charge on any atom is 0.573 e. The third-order valence-corrected chi connectivity index (χ3v) is 6.57. The molecule has 0 saturated carbocycles. The molecule has 0 aromatic heterocycles. The van der Waals surface area contributed by atoms with E-state index in [1.54, 1.807) is 0 Å². The van der Waals surface area contributed by atoms with Crippen molar-refractivity contribution in [2.45, 2.75) is 45.9 Å². The van der Waals surface area contributed by atoms with Crippen LogP contribution >= 0.6 is 0 Å². The average molecular weight is 440 g/mol. The number of rotatable bonds is 2. The minimum atomic E-state index is -4.83. The van der Waals surface area contributed by atoms with Crippen LogP contribution in [0.3, 0.4) is 0 Å². The van der Waals surface area contributed by atoms with Crippen molar-refractivity contribution in [1.82, 2.24) is 0 Å². The Balaban J connectivity index is 2.19. The lowest BCUT2D eigenvalue weighted by Gasteiger charge is -2.47. The number of nitrogens with two attached hydrogens (primary N) is 1. The molecule has 0 unspecified atom stereocenters. The first-order valence-corrected chi connectivity index (χ1v) is 10.2. The highest BCUT2D eigenvalue weighted by molar-refractivity contribution is 5.59. The molecule has 3 atom stereocenters. The number of allylic oxidation sites excluding steroid dienone is 4. The van der Waals surface area contributed by atoms with E-state index in [2.05, 4.69) is 31.6 Å². The maximum absolute atomic E-state index is 12.6. The van der Waals surface area contributed by atoms with Gasteiger partial charge in [-0.2, -0.15) is 15.8 Å². The molecule has 0 saturated heterocycles. The molecule has 2 aliphatic rings. The largest absolute Gasteiger partial charge is 0.573 e. The second-order valence-corrected chi connectivity index (χ2v) is 9.33. The lowest BCUT2D eigenvalue weighted by atomic mass is 9.54. The third kappa shape index (κ3) is 3.92. The molecule has 8 heteroatoms. The highest BCUT2D eigenvalue weighted by Crippen LogP contribution is 2.58. The Morgan fingerprint density at radius 3 is 2.12 bits per heavy atom. The number of hydrogen-bond donors (Lipinski definition) is 1.